The van der Waals surface area contributed by atoms with Crippen molar-refractivity contribution in [3.63, 3.8) is 0 Å². The number of aromatic nitrogens is 1. The van der Waals surface area contributed by atoms with Crippen molar-refractivity contribution in [2.75, 3.05) is 6.54 Å². The van der Waals surface area contributed by atoms with Crippen molar-refractivity contribution in [3.05, 3.63) is 42.0 Å². The molecule has 1 N–H and O–H groups in total. The molecule has 0 bridgehead atoms. The Hall–Kier alpha value is -1.22. The van der Waals surface area contributed by atoms with Gasteiger partial charge in [0.2, 0.25) is 0 Å². The lowest BCUT2D eigenvalue weighted by Crippen LogP contribution is -2.24. The van der Waals surface area contributed by atoms with Crippen molar-refractivity contribution in [2.24, 2.45) is 0 Å². The van der Waals surface area contributed by atoms with Crippen LogP contribution in [0.2, 0.25) is 0 Å². The third-order valence-corrected chi connectivity index (χ3v) is 2.15. The van der Waals surface area contributed by atoms with Gasteiger partial charge in [0.25, 0.3) is 0 Å². The van der Waals surface area contributed by atoms with Gasteiger partial charge < -0.3 is 5.32 Å². The number of nitrogens with zero attached hydrogens (tertiary/aromatic N) is 1. The molecule has 3 heteroatoms. The maximum atomic E-state index is 13.5. The van der Waals surface area contributed by atoms with Gasteiger partial charge in [-0.3, -0.25) is 4.98 Å². The van der Waals surface area contributed by atoms with Crippen LogP contribution >= 0.6 is 0 Å². The largest absolute Gasteiger partial charge is 0.305 e. The standard InChI is InChI=1S/C12H17FN2/c1-4-7-14-11(9(2)3)12-10(13)6-5-8-15-12/h5-6,8,11,14H,2,4,7H2,1,3H3. The predicted molar refractivity (Wildman–Crippen MR) is 60.0 cm³/mol. The Morgan fingerprint density at radius 3 is 2.93 bits per heavy atom. The van der Waals surface area contributed by atoms with Gasteiger partial charge in [0, 0.05) is 6.20 Å². The molecule has 0 aliphatic heterocycles. The van der Waals surface area contributed by atoms with E-state index in [1.54, 1.807) is 12.3 Å². The Balaban J connectivity index is 2.89. The molecule has 1 aromatic heterocycles. The summed E-state index contributed by atoms with van der Waals surface area (Å²) in [6.45, 7) is 8.63. The van der Waals surface area contributed by atoms with Crippen molar-refractivity contribution in [2.45, 2.75) is 26.3 Å². The maximum absolute atomic E-state index is 13.5. The molecule has 0 saturated heterocycles. The van der Waals surface area contributed by atoms with Crippen LogP contribution in [0.4, 0.5) is 4.39 Å². The first-order chi connectivity index (χ1) is 7.16. The fourth-order valence-electron chi connectivity index (χ4n) is 1.40. The van der Waals surface area contributed by atoms with Gasteiger partial charge in [-0.05, 0) is 32.0 Å². The van der Waals surface area contributed by atoms with Crippen LogP contribution in [-0.2, 0) is 0 Å². The fraction of sp³-hybridized carbons (Fsp3) is 0.417. The van der Waals surface area contributed by atoms with Gasteiger partial charge >= 0.3 is 0 Å². The number of hydrogen-bond acceptors (Lipinski definition) is 2. The van der Waals surface area contributed by atoms with E-state index in [4.69, 9.17) is 0 Å². The van der Waals surface area contributed by atoms with Crippen LogP contribution in [0.25, 0.3) is 0 Å². The normalized spacial score (nSPS) is 12.5. The smallest absolute Gasteiger partial charge is 0.146 e. The molecule has 1 rings (SSSR count). The van der Waals surface area contributed by atoms with Gasteiger partial charge in [-0.1, -0.05) is 19.1 Å². The van der Waals surface area contributed by atoms with Gasteiger partial charge in [0.15, 0.2) is 0 Å². The predicted octanol–water partition coefficient (Wildman–Crippen LogP) is 2.84. The van der Waals surface area contributed by atoms with Crippen molar-refractivity contribution in [1.82, 2.24) is 10.3 Å². The molecule has 1 unspecified atom stereocenters. The van der Waals surface area contributed by atoms with Crippen LogP contribution in [0.1, 0.15) is 32.0 Å². The Labute approximate surface area is 90.2 Å². The summed E-state index contributed by atoms with van der Waals surface area (Å²) >= 11 is 0. The van der Waals surface area contributed by atoms with Crippen LogP contribution in [0, 0.1) is 5.82 Å². The van der Waals surface area contributed by atoms with Crippen LogP contribution in [-0.4, -0.2) is 11.5 Å². The molecule has 0 spiro atoms. The molecule has 0 fully saturated rings. The highest BCUT2D eigenvalue weighted by Crippen LogP contribution is 2.20. The number of nitrogens with one attached hydrogen (secondary N) is 1. The van der Waals surface area contributed by atoms with Crippen molar-refractivity contribution < 1.29 is 4.39 Å². The highest BCUT2D eigenvalue weighted by atomic mass is 19.1. The lowest BCUT2D eigenvalue weighted by molar-refractivity contribution is 0.527. The van der Waals surface area contributed by atoms with E-state index >= 15 is 0 Å². The van der Waals surface area contributed by atoms with E-state index in [-0.39, 0.29) is 11.9 Å². The molecule has 0 saturated carbocycles. The van der Waals surface area contributed by atoms with Crippen LogP contribution in [0.3, 0.4) is 0 Å². The Morgan fingerprint density at radius 1 is 1.67 bits per heavy atom. The van der Waals surface area contributed by atoms with Crippen LogP contribution in [0.5, 0.6) is 0 Å². The third kappa shape index (κ3) is 3.13. The molecule has 1 heterocycles. The summed E-state index contributed by atoms with van der Waals surface area (Å²) in [6, 6.07) is 2.83. The summed E-state index contributed by atoms with van der Waals surface area (Å²) in [6.07, 6.45) is 2.60. The SMILES string of the molecule is C=C(C)C(NCCC)c1ncccc1F. The first-order valence-corrected chi connectivity index (χ1v) is 5.16. The first kappa shape index (κ1) is 11.9. The summed E-state index contributed by atoms with van der Waals surface area (Å²) in [5, 5.41) is 3.22. The molecule has 82 valence electrons. The monoisotopic (exact) mass is 208 g/mol. The van der Waals surface area contributed by atoms with E-state index in [2.05, 4.69) is 23.8 Å². The highest BCUT2D eigenvalue weighted by molar-refractivity contribution is 5.20. The van der Waals surface area contributed by atoms with E-state index < -0.39 is 0 Å². The molecule has 0 radical (unpaired) electrons. The van der Waals surface area contributed by atoms with Crippen LogP contribution in [0.15, 0.2) is 30.5 Å². The van der Waals surface area contributed by atoms with Gasteiger partial charge in [-0.25, -0.2) is 4.39 Å². The van der Waals surface area contributed by atoms with E-state index in [1.165, 1.54) is 6.07 Å². The average molecular weight is 208 g/mol. The lowest BCUT2D eigenvalue weighted by atomic mass is 10.1. The van der Waals surface area contributed by atoms with E-state index in [1.807, 2.05) is 6.92 Å². The first-order valence-electron chi connectivity index (χ1n) is 5.16. The van der Waals surface area contributed by atoms with Crippen molar-refractivity contribution in [1.29, 1.82) is 0 Å². The quantitative estimate of drug-likeness (QED) is 0.753. The summed E-state index contributed by atoms with van der Waals surface area (Å²) in [7, 11) is 0. The molecule has 0 amide bonds. The summed E-state index contributed by atoms with van der Waals surface area (Å²) in [5.41, 5.74) is 1.31. The lowest BCUT2D eigenvalue weighted by Gasteiger charge is -2.18. The second-order valence-electron chi connectivity index (χ2n) is 3.60. The molecule has 0 aliphatic rings. The van der Waals surface area contributed by atoms with Gasteiger partial charge in [0.05, 0.1) is 11.7 Å². The van der Waals surface area contributed by atoms with Gasteiger partial charge in [0.1, 0.15) is 5.82 Å². The summed E-state index contributed by atoms with van der Waals surface area (Å²) in [4.78, 5) is 4.05. The third-order valence-electron chi connectivity index (χ3n) is 2.15. The minimum Gasteiger partial charge on any atom is -0.305 e. The molecular weight excluding hydrogens is 191 g/mol. The van der Waals surface area contributed by atoms with Crippen LogP contribution < -0.4 is 5.32 Å². The molecule has 0 aromatic carbocycles. The zero-order valence-corrected chi connectivity index (χ0v) is 9.26. The zero-order valence-electron chi connectivity index (χ0n) is 9.26. The van der Waals surface area contributed by atoms with Gasteiger partial charge in [-0.15, -0.1) is 0 Å². The number of halogens is 1. The summed E-state index contributed by atoms with van der Waals surface area (Å²) < 4.78 is 13.5. The number of pyridine rings is 1. The Morgan fingerprint density at radius 2 is 2.40 bits per heavy atom. The minimum absolute atomic E-state index is 0.189. The van der Waals surface area contributed by atoms with Crippen molar-refractivity contribution in [3.8, 4) is 0 Å². The molecule has 1 atom stereocenters. The second-order valence-corrected chi connectivity index (χ2v) is 3.60. The fourth-order valence-corrected chi connectivity index (χ4v) is 1.40. The topological polar surface area (TPSA) is 24.9 Å². The number of rotatable bonds is 5. The van der Waals surface area contributed by atoms with E-state index in [0.717, 1.165) is 18.5 Å². The molecule has 2 nitrogen and oxygen atoms in total. The zero-order chi connectivity index (χ0) is 11.3. The highest BCUT2D eigenvalue weighted by Gasteiger charge is 2.16. The number of hydrogen-bond donors (Lipinski definition) is 1. The molecular formula is C12H17FN2. The van der Waals surface area contributed by atoms with Gasteiger partial charge in [-0.2, -0.15) is 0 Å². The van der Waals surface area contributed by atoms with E-state index in [0.29, 0.717) is 5.69 Å². The molecule has 15 heavy (non-hydrogen) atoms. The van der Waals surface area contributed by atoms with Crippen molar-refractivity contribution >= 4 is 0 Å². The molecule has 0 aliphatic carbocycles. The summed E-state index contributed by atoms with van der Waals surface area (Å²) in [5.74, 6) is -0.283. The second kappa shape index (κ2) is 5.61. The maximum Gasteiger partial charge on any atom is 0.146 e. The minimum atomic E-state index is -0.283. The molecule has 1 aromatic rings. The Bertz CT molecular complexity index is 336. The van der Waals surface area contributed by atoms with E-state index in [9.17, 15) is 4.39 Å². The Kier molecular flexibility index (Phi) is 4.43. The average Bonchev–Trinajstić information content (AvgIpc) is 2.20.